The van der Waals surface area contributed by atoms with Crippen LogP contribution >= 0.6 is 0 Å². The lowest BCUT2D eigenvalue weighted by Gasteiger charge is -2.20. The minimum atomic E-state index is -0.367. The SMILES string of the molecule is COc1ccccc1C1(NC(=O)c2cccc(NC(C)=O)c2)CC1. The Labute approximate surface area is 141 Å². The molecule has 1 saturated carbocycles. The fraction of sp³-hybridized carbons (Fsp3) is 0.263. The third-order valence-electron chi connectivity index (χ3n) is 4.17. The molecule has 24 heavy (non-hydrogen) atoms. The van der Waals surface area contributed by atoms with Gasteiger partial charge in [0.2, 0.25) is 5.91 Å². The zero-order valence-electron chi connectivity index (χ0n) is 13.8. The number of carbonyl (C=O) groups is 2. The summed E-state index contributed by atoms with van der Waals surface area (Å²) in [5.41, 5.74) is 1.76. The number of benzene rings is 2. The van der Waals surface area contributed by atoms with Gasteiger partial charge < -0.3 is 15.4 Å². The molecule has 3 rings (SSSR count). The zero-order valence-corrected chi connectivity index (χ0v) is 13.8. The van der Waals surface area contributed by atoms with Crippen LogP contribution in [0.15, 0.2) is 48.5 Å². The number of ether oxygens (including phenoxy) is 1. The monoisotopic (exact) mass is 324 g/mol. The second-order valence-corrected chi connectivity index (χ2v) is 6.00. The molecule has 2 aromatic rings. The zero-order chi connectivity index (χ0) is 17.2. The molecule has 5 heteroatoms. The lowest BCUT2D eigenvalue weighted by atomic mass is 10.0. The van der Waals surface area contributed by atoms with Gasteiger partial charge in [0, 0.05) is 23.7 Å². The van der Waals surface area contributed by atoms with E-state index in [2.05, 4.69) is 10.6 Å². The number of rotatable bonds is 5. The van der Waals surface area contributed by atoms with Crippen molar-refractivity contribution >= 4 is 17.5 Å². The van der Waals surface area contributed by atoms with Gasteiger partial charge in [0.25, 0.3) is 5.91 Å². The molecule has 1 aliphatic rings. The second kappa shape index (κ2) is 6.35. The number of carbonyl (C=O) groups excluding carboxylic acids is 2. The molecule has 2 aromatic carbocycles. The summed E-state index contributed by atoms with van der Waals surface area (Å²) in [7, 11) is 1.63. The summed E-state index contributed by atoms with van der Waals surface area (Å²) in [4.78, 5) is 23.8. The first kappa shape index (κ1) is 16.1. The fourth-order valence-electron chi connectivity index (χ4n) is 2.86. The Balaban J connectivity index is 1.81. The Hall–Kier alpha value is -2.82. The standard InChI is InChI=1S/C19H20N2O3/c1-13(22)20-15-7-5-6-14(12-15)18(23)21-19(10-11-19)16-8-3-4-9-17(16)24-2/h3-9,12H,10-11H2,1-2H3,(H,20,22)(H,21,23). The summed E-state index contributed by atoms with van der Waals surface area (Å²) in [6.45, 7) is 1.44. The summed E-state index contributed by atoms with van der Waals surface area (Å²) >= 11 is 0. The van der Waals surface area contributed by atoms with Crippen LogP contribution in [0, 0.1) is 0 Å². The van der Waals surface area contributed by atoms with Gasteiger partial charge in [-0.25, -0.2) is 0 Å². The third kappa shape index (κ3) is 3.25. The molecule has 2 amide bonds. The van der Waals surface area contributed by atoms with Gasteiger partial charge in [0.1, 0.15) is 5.75 Å². The fourth-order valence-corrected chi connectivity index (χ4v) is 2.86. The van der Waals surface area contributed by atoms with Gasteiger partial charge in [-0.3, -0.25) is 9.59 Å². The van der Waals surface area contributed by atoms with E-state index in [1.54, 1.807) is 31.4 Å². The van der Waals surface area contributed by atoms with E-state index in [4.69, 9.17) is 4.74 Å². The molecule has 0 unspecified atom stereocenters. The minimum Gasteiger partial charge on any atom is -0.496 e. The van der Waals surface area contributed by atoms with Crippen molar-refractivity contribution in [1.82, 2.24) is 5.32 Å². The highest BCUT2D eigenvalue weighted by Gasteiger charge is 2.47. The van der Waals surface area contributed by atoms with Crippen molar-refractivity contribution in [3.8, 4) is 5.75 Å². The molecule has 2 N–H and O–H groups in total. The molecule has 0 atom stereocenters. The van der Waals surface area contributed by atoms with Crippen molar-refractivity contribution in [2.45, 2.75) is 25.3 Å². The number of nitrogens with one attached hydrogen (secondary N) is 2. The average Bonchev–Trinajstić information content (AvgIpc) is 3.35. The Morgan fingerprint density at radius 2 is 1.83 bits per heavy atom. The topological polar surface area (TPSA) is 67.4 Å². The largest absolute Gasteiger partial charge is 0.496 e. The molecular weight excluding hydrogens is 304 g/mol. The van der Waals surface area contributed by atoms with Gasteiger partial charge in [-0.05, 0) is 37.1 Å². The summed E-state index contributed by atoms with van der Waals surface area (Å²) in [6.07, 6.45) is 1.76. The van der Waals surface area contributed by atoms with Crippen molar-refractivity contribution in [1.29, 1.82) is 0 Å². The van der Waals surface area contributed by atoms with Crippen molar-refractivity contribution in [3.05, 3.63) is 59.7 Å². The van der Waals surface area contributed by atoms with Gasteiger partial charge >= 0.3 is 0 Å². The maximum atomic E-state index is 12.6. The molecular formula is C19H20N2O3. The number of methoxy groups -OCH3 is 1. The van der Waals surface area contributed by atoms with E-state index in [1.807, 2.05) is 24.3 Å². The lowest BCUT2D eigenvalue weighted by molar-refractivity contribution is -0.114. The number of para-hydroxylation sites is 1. The summed E-state index contributed by atoms with van der Waals surface area (Å²) < 4.78 is 5.42. The average molecular weight is 324 g/mol. The van der Waals surface area contributed by atoms with Crippen LogP contribution in [0.5, 0.6) is 5.75 Å². The first-order chi connectivity index (χ1) is 11.5. The van der Waals surface area contributed by atoms with Gasteiger partial charge in [0.15, 0.2) is 0 Å². The highest BCUT2D eigenvalue weighted by atomic mass is 16.5. The predicted molar refractivity (Wildman–Crippen MR) is 92.1 cm³/mol. The Bertz CT molecular complexity index is 782. The van der Waals surface area contributed by atoms with Gasteiger partial charge in [0.05, 0.1) is 12.6 Å². The molecule has 1 aliphatic carbocycles. The smallest absolute Gasteiger partial charge is 0.252 e. The van der Waals surface area contributed by atoms with Crippen molar-refractivity contribution in [2.75, 3.05) is 12.4 Å². The minimum absolute atomic E-state index is 0.161. The van der Waals surface area contributed by atoms with Crippen LogP contribution < -0.4 is 15.4 Å². The van der Waals surface area contributed by atoms with Crippen molar-refractivity contribution in [3.63, 3.8) is 0 Å². The van der Waals surface area contributed by atoms with Crippen LogP contribution in [0.4, 0.5) is 5.69 Å². The van der Waals surface area contributed by atoms with E-state index in [9.17, 15) is 9.59 Å². The first-order valence-electron chi connectivity index (χ1n) is 7.88. The maximum Gasteiger partial charge on any atom is 0.252 e. The Morgan fingerprint density at radius 3 is 2.50 bits per heavy atom. The van der Waals surface area contributed by atoms with Crippen LogP contribution in [0.1, 0.15) is 35.7 Å². The number of anilines is 1. The van der Waals surface area contributed by atoms with Crippen LogP contribution in [0.2, 0.25) is 0 Å². The van der Waals surface area contributed by atoms with Crippen molar-refractivity contribution < 1.29 is 14.3 Å². The van der Waals surface area contributed by atoms with Crippen LogP contribution in [0.3, 0.4) is 0 Å². The van der Waals surface area contributed by atoms with Gasteiger partial charge in [-0.1, -0.05) is 24.3 Å². The van der Waals surface area contributed by atoms with Crippen molar-refractivity contribution in [2.24, 2.45) is 0 Å². The van der Waals surface area contributed by atoms with E-state index in [-0.39, 0.29) is 17.4 Å². The highest BCUT2D eigenvalue weighted by molar-refractivity contribution is 5.97. The van der Waals surface area contributed by atoms with E-state index in [0.717, 1.165) is 24.2 Å². The molecule has 0 spiro atoms. The maximum absolute atomic E-state index is 12.6. The van der Waals surface area contributed by atoms with Gasteiger partial charge in [-0.15, -0.1) is 0 Å². The molecule has 5 nitrogen and oxygen atoms in total. The summed E-state index contributed by atoms with van der Waals surface area (Å²) in [5.74, 6) is 0.452. The quantitative estimate of drug-likeness (QED) is 0.888. The van der Waals surface area contributed by atoms with E-state index in [1.165, 1.54) is 6.92 Å². The number of hydrogen-bond donors (Lipinski definition) is 2. The molecule has 0 heterocycles. The molecule has 0 radical (unpaired) electrons. The van der Waals surface area contributed by atoms with Crippen LogP contribution in [-0.2, 0) is 10.3 Å². The lowest BCUT2D eigenvalue weighted by Crippen LogP contribution is -2.35. The highest BCUT2D eigenvalue weighted by Crippen LogP contribution is 2.49. The third-order valence-corrected chi connectivity index (χ3v) is 4.17. The second-order valence-electron chi connectivity index (χ2n) is 6.00. The molecule has 124 valence electrons. The molecule has 0 bridgehead atoms. The van der Waals surface area contributed by atoms with Crippen LogP contribution in [0.25, 0.3) is 0 Å². The summed E-state index contributed by atoms with van der Waals surface area (Å²) in [5, 5.41) is 5.81. The molecule has 0 saturated heterocycles. The number of hydrogen-bond acceptors (Lipinski definition) is 3. The van der Waals surface area contributed by atoms with Crippen LogP contribution in [-0.4, -0.2) is 18.9 Å². The van der Waals surface area contributed by atoms with E-state index < -0.39 is 0 Å². The molecule has 0 aromatic heterocycles. The van der Waals surface area contributed by atoms with E-state index >= 15 is 0 Å². The molecule has 1 fully saturated rings. The molecule has 0 aliphatic heterocycles. The first-order valence-corrected chi connectivity index (χ1v) is 7.88. The van der Waals surface area contributed by atoms with Gasteiger partial charge in [-0.2, -0.15) is 0 Å². The normalized spacial score (nSPS) is 14.6. The summed E-state index contributed by atoms with van der Waals surface area (Å²) in [6, 6.07) is 14.7. The Kier molecular flexibility index (Phi) is 4.25. The Morgan fingerprint density at radius 1 is 1.08 bits per heavy atom. The number of amides is 2. The predicted octanol–water partition coefficient (Wildman–Crippen LogP) is 3.07. The van der Waals surface area contributed by atoms with E-state index in [0.29, 0.717) is 11.3 Å².